The predicted molar refractivity (Wildman–Crippen MR) is 87.6 cm³/mol. The summed E-state index contributed by atoms with van der Waals surface area (Å²) in [6.45, 7) is 3.81. The Hall–Kier alpha value is -1.34. The molecule has 7 heteroatoms. The molecular weight excluding hydrogens is 322 g/mol. The largest absolute Gasteiger partial charge is 0.379 e. The van der Waals surface area contributed by atoms with Crippen LogP contribution in [-0.2, 0) is 4.74 Å². The van der Waals surface area contributed by atoms with Gasteiger partial charge in [-0.1, -0.05) is 17.7 Å². The van der Waals surface area contributed by atoms with Crippen molar-refractivity contribution >= 4 is 28.8 Å². The number of halogens is 1. The van der Waals surface area contributed by atoms with E-state index in [4.69, 9.17) is 16.3 Å². The molecule has 1 aliphatic rings. The smallest absolute Gasteiger partial charge is 0.267 e. The number of carbonyl (C=O) groups is 1. The number of rotatable bonds is 5. The Morgan fingerprint density at radius 3 is 2.95 bits per heavy atom. The maximum absolute atomic E-state index is 12.2. The van der Waals surface area contributed by atoms with Crippen molar-refractivity contribution in [2.45, 2.75) is 6.04 Å². The lowest BCUT2D eigenvalue weighted by molar-refractivity contribution is 0.0169. The van der Waals surface area contributed by atoms with Gasteiger partial charge in [0.15, 0.2) is 0 Å². The van der Waals surface area contributed by atoms with E-state index in [1.54, 1.807) is 23.6 Å². The van der Waals surface area contributed by atoms with Crippen molar-refractivity contribution in [3.8, 4) is 0 Å². The first-order valence-electron chi connectivity index (χ1n) is 7.21. The van der Waals surface area contributed by atoms with Gasteiger partial charge in [0.25, 0.3) is 5.91 Å². The van der Waals surface area contributed by atoms with Gasteiger partial charge in [-0.05, 0) is 17.5 Å². The fourth-order valence-electron chi connectivity index (χ4n) is 2.56. The van der Waals surface area contributed by atoms with Gasteiger partial charge in [0.05, 0.1) is 24.3 Å². The van der Waals surface area contributed by atoms with E-state index in [1.165, 1.54) is 4.88 Å². The van der Waals surface area contributed by atoms with Gasteiger partial charge in [-0.3, -0.25) is 9.69 Å². The minimum atomic E-state index is -0.137. The molecule has 0 saturated carbocycles. The number of aromatic nitrogens is 1. The highest BCUT2D eigenvalue weighted by atomic mass is 35.5. The van der Waals surface area contributed by atoms with Crippen LogP contribution in [0.25, 0.3) is 0 Å². The number of ether oxygens (including phenoxy) is 1. The van der Waals surface area contributed by atoms with Crippen LogP contribution < -0.4 is 5.32 Å². The van der Waals surface area contributed by atoms with Crippen LogP contribution in [0.4, 0.5) is 0 Å². The Morgan fingerprint density at radius 1 is 1.50 bits per heavy atom. The summed E-state index contributed by atoms with van der Waals surface area (Å²) < 4.78 is 5.42. The monoisotopic (exact) mass is 339 g/mol. The van der Waals surface area contributed by atoms with Crippen LogP contribution in [0.15, 0.2) is 29.8 Å². The van der Waals surface area contributed by atoms with E-state index >= 15 is 0 Å². The number of carbonyl (C=O) groups excluding carboxylic acids is 1. The Balaban J connectivity index is 1.66. The average Bonchev–Trinajstić information content (AvgIpc) is 3.20. The third-order valence-corrected chi connectivity index (χ3v) is 4.90. The molecule has 22 heavy (non-hydrogen) atoms. The second-order valence-electron chi connectivity index (χ2n) is 5.12. The molecule has 1 unspecified atom stereocenters. The Bertz CT molecular complexity index is 608. The summed E-state index contributed by atoms with van der Waals surface area (Å²) in [6.07, 6.45) is 1.61. The molecule has 0 spiro atoms. The van der Waals surface area contributed by atoms with E-state index in [-0.39, 0.29) is 11.9 Å². The molecule has 3 heterocycles. The van der Waals surface area contributed by atoms with E-state index < -0.39 is 0 Å². The summed E-state index contributed by atoms with van der Waals surface area (Å²) in [5.74, 6) is -0.137. The van der Waals surface area contributed by atoms with Crippen molar-refractivity contribution in [3.05, 3.63) is 45.4 Å². The molecule has 0 aliphatic carbocycles. The van der Waals surface area contributed by atoms with Crippen molar-refractivity contribution in [2.75, 3.05) is 32.8 Å². The molecule has 0 aromatic carbocycles. The number of morpholine rings is 1. The van der Waals surface area contributed by atoms with E-state index in [1.807, 2.05) is 6.07 Å². The SMILES string of the molecule is O=C(NCC(c1cccs1)N1CCOCC1)c1cc(Cl)c[nH]1. The van der Waals surface area contributed by atoms with Crippen LogP contribution >= 0.6 is 22.9 Å². The highest BCUT2D eigenvalue weighted by Crippen LogP contribution is 2.25. The molecule has 0 radical (unpaired) electrons. The number of nitrogens with one attached hydrogen (secondary N) is 2. The zero-order valence-corrected chi connectivity index (χ0v) is 13.6. The van der Waals surface area contributed by atoms with E-state index in [2.05, 4.69) is 26.6 Å². The van der Waals surface area contributed by atoms with E-state index in [0.29, 0.717) is 17.3 Å². The average molecular weight is 340 g/mol. The molecular formula is C15H18ClN3O2S. The van der Waals surface area contributed by atoms with Gasteiger partial charge in [-0.15, -0.1) is 11.3 Å². The lowest BCUT2D eigenvalue weighted by Gasteiger charge is -2.34. The van der Waals surface area contributed by atoms with Gasteiger partial charge >= 0.3 is 0 Å². The Labute approximate surface area is 138 Å². The normalized spacial score (nSPS) is 17.3. The third kappa shape index (κ3) is 3.70. The standard InChI is InChI=1S/C15H18ClN3O2S/c16-11-8-12(17-9-11)15(20)18-10-13(14-2-1-7-22-14)19-3-5-21-6-4-19/h1-2,7-9,13,17H,3-6,10H2,(H,18,20). The van der Waals surface area contributed by atoms with Gasteiger partial charge < -0.3 is 15.0 Å². The molecule has 1 amide bonds. The number of hydrogen-bond donors (Lipinski definition) is 2. The van der Waals surface area contributed by atoms with Crippen LogP contribution in [0, 0.1) is 0 Å². The molecule has 0 bridgehead atoms. The summed E-state index contributed by atoms with van der Waals surface area (Å²) in [7, 11) is 0. The highest BCUT2D eigenvalue weighted by Gasteiger charge is 2.24. The van der Waals surface area contributed by atoms with Crippen LogP contribution in [-0.4, -0.2) is 48.6 Å². The second-order valence-corrected chi connectivity index (χ2v) is 6.54. The van der Waals surface area contributed by atoms with Gasteiger partial charge in [0.1, 0.15) is 5.69 Å². The topological polar surface area (TPSA) is 57.4 Å². The van der Waals surface area contributed by atoms with Crippen LogP contribution in [0.5, 0.6) is 0 Å². The number of hydrogen-bond acceptors (Lipinski definition) is 4. The third-order valence-electron chi connectivity index (χ3n) is 3.71. The fourth-order valence-corrected chi connectivity index (χ4v) is 3.59. The minimum Gasteiger partial charge on any atom is -0.379 e. The van der Waals surface area contributed by atoms with Gasteiger partial charge in [0.2, 0.25) is 0 Å². The molecule has 118 valence electrons. The Morgan fingerprint density at radius 2 is 2.32 bits per heavy atom. The lowest BCUT2D eigenvalue weighted by atomic mass is 10.2. The fraction of sp³-hybridized carbons (Fsp3) is 0.400. The molecule has 2 aromatic heterocycles. The van der Waals surface area contributed by atoms with Crippen molar-refractivity contribution in [3.63, 3.8) is 0 Å². The molecule has 3 rings (SSSR count). The number of H-pyrrole nitrogens is 1. The predicted octanol–water partition coefficient (Wildman–Crippen LogP) is 2.53. The van der Waals surface area contributed by atoms with Gasteiger partial charge in [-0.2, -0.15) is 0 Å². The zero-order valence-electron chi connectivity index (χ0n) is 12.0. The van der Waals surface area contributed by atoms with Crippen molar-refractivity contribution < 1.29 is 9.53 Å². The summed E-state index contributed by atoms with van der Waals surface area (Å²) in [5, 5.41) is 5.59. The Kier molecular flexibility index (Phi) is 5.15. The van der Waals surface area contributed by atoms with Crippen molar-refractivity contribution in [1.82, 2.24) is 15.2 Å². The van der Waals surface area contributed by atoms with Gasteiger partial charge in [-0.25, -0.2) is 0 Å². The van der Waals surface area contributed by atoms with Crippen LogP contribution in [0.2, 0.25) is 5.02 Å². The van der Waals surface area contributed by atoms with Crippen molar-refractivity contribution in [2.24, 2.45) is 0 Å². The molecule has 1 fully saturated rings. The first-order chi connectivity index (χ1) is 10.7. The van der Waals surface area contributed by atoms with E-state index in [9.17, 15) is 4.79 Å². The molecule has 2 aromatic rings. The number of thiophene rings is 1. The lowest BCUT2D eigenvalue weighted by Crippen LogP contribution is -2.43. The first-order valence-corrected chi connectivity index (χ1v) is 8.47. The first kappa shape index (κ1) is 15.6. The molecule has 2 N–H and O–H groups in total. The highest BCUT2D eigenvalue weighted by molar-refractivity contribution is 7.10. The number of nitrogens with zero attached hydrogens (tertiary/aromatic N) is 1. The van der Waals surface area contributed by atoms with Crippen molar-refractivity contribution in [1.29, 1.82) is 0 Å². The summed E-state index contributed by atoms with van der Waals surface area (Å²) >= 11 is 7.55. The minimum absolute atomic E-state index is 0.137. The molecule has 1 atom stereocenters. The molecule has 5 nitrogen and oxygen atoms in total. The maximum Gasteiger partial charge on any atom is 0.267 e. The van der Waals surface area contributed by atoms with Gasteiger partial charge in [0, 0.05) is 30.7 Å². The molecule has 1 saturated heterocycles. The summed E-state index contributed by atoms with van der Waals surface area (Å²) in [5.41, 5.74) is 0.483. The zero-order chi connectivity index (χ0) is 15.4. The quantitative estimate of drug-likeness (QED) is 0.880. The summed E-state index contributed by atoms with van der Waals surface area (Å²) in [4.78, 5) is 18.7. The molecule has 1 aliphatic heterocycles. The van der Waals surface area contributed by atoms with E-state index in [0.717, 1.165) is 26.3 Å². The number of amides is 1. The van der Waals surface area contributed by atoms with Crippen LogP contribution in [0.3, 0.4) is 0 Å². The second kappa shape index (κ2) is 7.28. The van der Waals surface area contributed by atoms with Crippen LogP contribution in [0.1, 0.15) is 21.4 Å². The maximum atomic E-state index is 12.2. The summed E-state index contributed by atoms with van der Waals surface area (Å²) in [6, 6.07) is 5.96. The number of aromatic amines is 1.